The van der Waals surface area contributed by atoms with Crippen LogP contribution in [-0.4, -0.2) is 33.8 Å². The second-order valence-corrected chi connectivity index (χ2v) is 7.72. The van der Waals surface area contributed by atoms with Gasteiger partial charge < -0.3 is 10.1 Å². The number of fused-ring (bicyclic) bond motifs is 1. The molecule has 3 rings (SSSR count). The third kappa shape index (κ3) is 4.11. The standard InChI is InChI=1S/C19H21N3O4S/c1-3-16(13-8-10-14(26-2)11-9-13)21-18(23)12-20-19-15-6-4-5-7-17(15)27(24,25)22-19/h4-11,16H,3,12H2,1-2H3,(H,20,22)(H,21,23)/t16-/m1/s1. The van der Waals surface area contributed by atoms with Crippen molar-refractivity contribution in [3.8, 4) is 5.75 Å². The normalized spacial score (nSPS) is 17.0. The van der Waals surface area contributed by atoms with Crippen LogP contribution in [0.15, 0.2) is 58.4 Å². The Bertz CT molecular complexity index is 969. The number of ether oxygens (including phenoxy) is 1. The van der Waals surface area contributed by atoms with Crippen LogP contribution in [0.3, 0.4) is 0 Å². The van der Waals surface area contributed by atoms with Gasteiger partial charge in [0.2, 0.25) is 5.91 Å². The highest BCUT2D eigenvalue weighted by Crippen LogP contribution is 2.22. The first-order chi connectivity index (χ1) is 12.9. The van der Waals surface area contributed by atoms with E-state index < -0.39 is 10.0 Å². The molecule has 0 saturated heterocycles. The van der Waals surface area contributed by atoms with Crippen LogP contribution < -0.4 is 14.8 Å². The Morgan fingerprint density at radius 3 is 2.56 bits per heavy atom. The molecule has 27 heavy (non-hydrogen) atoms. The molecule has 0 bridgehead atoms. The number of nitrogens with one attached hydrogen (secondary N) is 2. The van der Waals surface area contributed by atoms with Crippen LogP contribution in [0.25, 0.3) is 0 Å². The summed E-state index contributed by atoms with van der Waals surface area (Å²) < 4.78 is 31.7. The first-order valence-corrected chi connectivity index (χ1v) is 10.0. The molecule has 8 heteroatoms. The van der Waals surface area contributed by atoms with Crippen LogP contribution in [0.5, 0.6) is 5.75 Å². The van der Waals surface area contributed by atoms with E-state index in [1.165, 1.54) is 6.07 Å². The lowest BCUT2D eigenvalue weighted by atomic mass is 10.0. The van der Waals surface area contributed by atoms with Gasteiger partial charge in [-0.1, -0.05) is 31.2 Å². The summed E-state index contributed by atoms with van der Waals surface area (Å²) in [5, 5.41) is 2.93. The smallest absolute Gasteiger partial charge is 0.263 e. The molecule has 2 N–H and O–H groups in total. The molecule has 7 nitrogen and oxygen atoms in total. The summed E-state index contributed by atoms with van der Waals surface area (Å²) >= 11 is 0. The number of carbonyl (C=O) groups is 1. The van der Waals surface area contributed by atoms with Crippen molar-refractivity contribution >= 4 is 21.8 Å². The first kappa shape index (κ1) is 18.9. The van der Waals surface area contributed by atoms with E-state index in [1.54, 1.807) is 25.3 Å². The van der Waals surface area contributed by atoms with E-state index in [9.17, 15) is 13.2 Å². The number of sulfonamides is 1. The van der Waals surface area contributed by atoms with E-state index in [0.29, 0.717) is 12.0 Å². The van der Waals surface area contributed by atoms with E-state index in [1.807, 2.05) is 31.2 Å². The molecule has 0 aliphatic carbocycles. The van der Waals surface area contributed by atoms with Gasteiger partial charge in [-0.2, -0.15) is 0 Å². The number of aliphatic imine (C=N–C) groups is 1. The van der Waals surface area contributed by atoms with Gasteiger partial charge in [-0.25, -0.2) is 8.42 Å². The van der Waals surface area contributed by atoms with E-state index in [4.69, 9.17) is 4.74 Å². The molecule has 0 unspecified atom stereocenters. The zero-order valence-corrected chi connectivity index (χ0v) is 15.9. The van der Waals surface area contributed by atoms with Crippen molar-refractivity contribution in [3.63, 3.8) is 0 Å². The van der Waals surface area contributed by atoms with Gasteiger partial charge in [0.1, 0.15) is 18.1 Å². The fourth-order valence-corrected chi connectivity index (χ4v) is 4.15. The van der Waals surface area contributed by atoms with Crippen LogP contribution in [0, 0.1) is 0 Å². The number of amides is 1. The van der Waals surface area contributed by atoms with E-state index in [0.717, 1.165) is 11.3 Å². The lowest BCUT2D eigenvalue weighted by molar-refractivity contribution is -0.120. The van der Waals surface area contributed by atoms with E-state index in [2.05, 4.69) is 15.0 Å². The van der Waals surface area contributed by atoms with Crippen LogP contribution in [0.1, 0.15) is 30.5 Å². The van der Waals surface area contributed by atoms with Gasteiger partial charge in [0, 0.05) is 5.56 Å². The van der Waals surface area contributed by atoms with Crippen molar-refractivity contribution in [2.45, 2.75) is 24.3 Å². The second kappa shape index (κ2) is 7.79. The van der Waals surface area contributed by atoms with Crippen molar-refractivity contribution in [1.29, 1.82) is 0 Å². The van der Waals surface area contributed by atoms with E-state index in [-0.39, 0.29) is 29.2 Å². The summed E-state index contributed by atoms with van der Waals surface area (Å²) in [4.78, 5) is 16.7. The summed E-state index contributed by atoms with van der Waals surface area (Å²) in [6.07, 6.45) is 0.712. The van der Waals surface area contributed by atoms with Crippen LogP contribution >= 0.6 is 0 Å². The second-order valence-electron chi connectivity index (χ2n) is 6.07. The summed E-state index contributed by atoms with van der Waals surface area (Å²) in [6, 6.07) is 13.9. The molecule has 1 heterocycles. The fraction of sp³-hybridized carbons (Fsp3) is 0.263. The molecule has 142 valence electrons. The third-order valence-corrected chi connectivity index (χ3v) is 5.70. The number of rotatable bonds is 6. The molecule has 2 aromatic carbocycles. The molecule has 0 aromatic heterocycles. The Labute approximate surface area is 158 Å². The number of methoxy groups -OCH3 is 1. The van der Waals surface area contributed by atoms with Crippen LogP contribution in [-0.2, 0) is 14.8 Å². The zero-order chi connectivity index (χ0) is 19.4. The Balaban J connectivity index is 1.69. The molecule has 0 saturated carbocycles. The predicted octanol–water partition coefficient (Wildman–Crippen LogP) is 2.00. The Morgan fingerprint density at radius 1 is 1.19 bits per heavy atom. The highest BCUT2D eigenvalue weighted by Gasteiger charge is 2.30. The van der Waals surface area contributed by atoms with Crippen molar-refractivity contribution in [2.75, 3.05) is 13.7 Å². The predicted molar refractivity (Wildman–Crippen MR) is 102 cm³/mol. The van der Waals surface area contributed by atoms with Crippen molar-refractivity contribution in [3.05, 3.63) is 59.7 Å². The number of carbonyl (C=O) groups excluding carboxylic acids is 1. The summed E-state index contributed by atoms with van der Waals surface area (Å²) in [5.74, 6) is 0.658. The zero-order valence-electron chi connectivity index (χ0n) is 15.1. The number of benzene rings is 2. The first-order valence-electron chi connectivity index (χ1n) is 8.54. The lowest BCUT2D eigenvalue weighted by Crippen LogP contribution is -2.31. The quantitative estimate of drug-likeness (QED) is 0.792. The minimum Gasteiger partial charge on any atom is -0.497 e. The number of hydrogen-bond acceptors (Lipinski definition) is 5. The topological polar surface area (TPSA) is 96.9 Å². The highest BCUT2D eigenvalue weighted by molar-refractivity contribution is 7.90. The Hall–Kier alpha value is -2.87. The van der Waals surface area contributed by atoms with E-state index >= 15 is 0 Å². The number of hydrogen-bond donors (Lipinski definition) is 2. The van der Waals surface area contributed by atoms with Crippen molar-refractivity contribution in [2.24, 2.45) is 4.99 Å². The Morgan fingerprint density at radius 2 is 1.89 bits per heavy atom. The lowest BCUT2D eigenvalue weighted by Gasteiger charge is -2.17. The highest BCUT2D eigenvalue weighted by atomic mass is 32.2. The minimum atomic E-state index is -3.60. The average molecular weight is 387 g/mol. The number of nitrogens with zero attached hydrogens (tertiary/aromatic N) is 1. The molecule has 0 radical (unpaired) electrons. The fourth-order valence-electron chi connectivity index (χ4n) is 2.90. The monoisotopic (exact) mass is 387 g/mol. The van der Waals surface area contributed by atoms with Crippen molar-refractivity contribution < 1.29 is 17.9 Å². The molecule has 1 aliphatic heterocycles. The molecule has 0 spiro atoms. The van der Waals surface area contributed by atoms with Gasteiger partial charge in [0.25, 0.3) is 10.0 Å². The van der Waals surface area contributed by atoms with Gasteiger partial charge in [-0.15, -0.1) is 0 Å². The van der Waals surface area contributed by atoms with Gasteiger partial charge in [0.05, 0.1) is 18.0 Å². The van der Waals surface area contributed by atoms with Gasteiger partial charge in [-0.05, 0) is 36.2 Å². The van der Waals surface area contributed by atoms with Crippen molar-refractivity contribution in [1.82, 2.24) is 10.0 Å². The number of amidine groups is 1. The average Bonchev–Trinajstić information content (AvgIpc) is 2.95. The Kier molecular flexibility index (Phi) is 5.46. The summed E-state index contributed by atoms with van der Waals surface area (Å²) in [5.41, 5.74) is 1.44. The maximum atomic E-state index is 12.3. The molecule has 2 aromatic rings. The molecule has 1 atom stereocenters. The third-order valence-electron chi connectivity index (χ3n) is 4.31. The molecular formula is C19H21N3O4S. The molecule has 0 fully saturated rings. The van der Waals surface area contributed by atoms with Crippen LogP contribution in [0.2, 0.25) is 0 Å². The summed E-state index contributed by atoms with van der Waals surface area (Å²) in [7, 11) is -2.00. The molecular weight excluding hydrogens is 366 g/mol. The molecule has 1 aliphatic rings. The largest absolute Gasteiger partial charge is 0.497 e. The van der Waals surface area contributed by atoms with Gasteiger partial charge >= 0.3 is 0 Å². The van der Waals surface area contributed by atoms with Crippen LogP contribution in [0.4, 0.5) is 0 Å². The maximum Gasteiger partial charge on any atom is 0.263 e. The van der Waals surface area contributed by atoms with Gasteiger partial charge in [0.15, 0.2) is 0 Å². The van der Waals surface area contributed by atoms with Gasteiger partial charge in [-0.3, -0.25) is 14.5 Å². The summed E-state index contributed by atoms with van der Waals surface area (Å²) in [6.45, 7) is 1.81. The maximum absolute atomic E-state index is 12.3. The SMILES string of the molecule is CC[C@@H](NC(=O)CN=C1NS(=O)(=O)c2ccccc21)c1ccc(OC)cc1. The minimum absolute atomic E-state index is 0.156. The molecule has 1 amide bonds.